The summed E-state index contributed by atoms with van der Waals surface area (Å²) in [7, 11) is 0. The normalized spacial score (nSPS) is 11.0. The van der Waals surface area contributed by atoms with E-state index in [0.29, 0.717) is 12.2 Å². The molecule has 0 fully saturated rings. The minimum atomic E-state index is 0.134. The van der Waals surface area contributed by atoms with E-state index < -0.39 is 0 Å². The van der Waals surface area contributed by atoms with Crippen LogP contribution in [0.1, 0.15) is 12.5 Å². The van der Waals surface area contributed by atoms with Gasteiger partial charge >= 0.3 is 0 Å². The monoisotopic (exact) mass is 299 g/mol. The van der Waals surface area contributed by atoms with Crippen LogP contribution in [0, 0.1) is 6.92 Å². The molecule has 0 amide bonds. The summed E-state index contributed by atoms with van der Waals surface area (Å²) < 4.78 is 0. The van der Waals surface area contributed by atoms with E-state index in [9.17, 15) is 5.11 Å². The number of azo groups is 1. The van der Waals surface area contributed by atoms with Crippen LogP contribution < -0.4 is 4.90 Å². The second kappa shape index (κ2) is 7.56. The number of hydrogen-bond acceptors (Lipinski definition) is 5. The Morgan fingerprint density at radius 3 is 2.36 bits per heavy atom. The third kappa shape index (κ3) is 4.05. The third-order valence-electron chi connectivity index (χ3n) is 3.42. The fraction of sp³-hybridized carbons (Fsp3) is 0.294. The van der Waals surface area contributed by atoms with E-state index in [1.54, 1.807) is 24.3 Å². The Kier molecular flexibility index (Phi) is 5.49. The smallest absolute Gasteiger partial charge is 0.115 e. The van der Waals surface area contributed by atoms with Gasteiger partial charge in [-0.25, -0.2) is 0 Å². The van der Waals surface area contributed by atoms with Crippen molar-refractivity contribution < 1.29 is 10.2 Å². The molecule has 0 radical (unpaired) electrons. The van der Waals surface area contributed by atoms with E-state index in [0.717, 1.165) is 23.5 Å². The van der Waals surface area contributed by atoms with Crippen LogP contribution in [0.3, 0.4) is 0 Å². The van der Waals surface area contributed by atoms with Crippen molar-refractivity contribution >= 4 is 17.1 Å². The molecule has 5 nitrogen and oxygen atoms in total. The molecule has 0 atom stereocenters. The van der Waals surface area contributed by atoms with Gasteiger partial charge in [0.2, 0.25) is 0 Å². The molecule has 2 aromatic rings. The molecular formula is C17H21N3O2. The van der Waals surface area contributed by atoms with Crippen LogP contribution >= 0.6 is 0 Å². The molecule has 0 bridgehead atoms. The summed E-state index contributed by atoms with van der Waals surface area (Å²) in [6.07, 6.45) is 0. The van der Waals surface area contributed by atoms with Crippen LogP contribution in [0.4, 0.5) is 17.1 Å². The highest BCUT2D eigenvalue weighted by molar-refractivity contribution is 5.57. The quantitative estimate of drug-likeness (QED) is 0.794. The van der Waals surface area contributed by atoms with E-state index in [1.807, 2.05) is 25.1 Å². The van der Waals surface area contributed by atoms with Gasteiger partial charge in [0.05, 0.1) is 18.0 Å². The molecule has 2 N–H and O–H groups in total. The average molecular weight is 299 g/mol. The number of phenols is 1. The predicted octanol–water partition coefficient (Wildman–Crippen LogP) is 3.93. The van der Waals surface area contributed by atoms with Gasteiger partial charge in [-0.15, -0.1) is 0 Å². The molecule has 116 valence electrons. The lowest BCUT2D eigenvalue weighted by Crippen LogP contribution is -2.26. The maximum Gasteiger partial charge on any atom is 0.115 e. The van der Waals surface area contributed by atoms with E-state index in [4.69, 9.17) is 5.11 Å². The first-order chi connectivity index (χ1) is 10.6. The number of aryl methyl sites for hydroxylation is 1. The van der Waals surface area contributed by atoms with Crippen LogP contribution in [-0.4, -0.2) is 29.9 Å². The van der Waals surface area contributed by atoms with Gasteiger partial charge in [-0.2, -0.15) is 10.2 Å². The number of aromatic hydroxyl groups is 1. The fourth-order valence-electron chi connectivity index (χ4n) is 2.17. The third-order valence-corrected chi connectivity index (χ3v) is 3.42. The topological polar surface area (TPSA) is 68.4 Å². The number of aliphatic hydroxyl groups excluding tert-OH is 1. The molecule has 0 saturated heterocycles. The van der Waals surface area contributed by atoms with Gasteiger partial charge in [0, 0.05) is 18.8 Å². The highest BCUT2D eigenvalue weighted by Gasteiger charge is 2.06. The van der Waals surface area contributed by atoms with Crippen molar-refractivity contribution in [1.29, 1.82) is 0 Å². The largest absolute Gasteiger partial charge is 0.508 e. The molecule has 5 heteroatoms. The maximum atomic E-state index is 9.24. The minimum absolute atomic E-state index is 0.134. The number of anilines is 1. The number of hydrogen-bond donors (Lipinski definition) is 2. The first kappa shape index (κ1) is 16.0. The molecule has 2 aromatic carbocycles. The Bertz CT molecular complexity index is 639. The van der Waals surface area contributed by atoms with E-state index in [-0.39, 0.29) is 12.4 Å². The molecular weight excluding hydrogens is 278 g/mol. The summed E-state index contributed by atoms with van der Waals surface area (Å²) in [6, 6.07) is 12.5. The first-order valence-electron chi connectivity index (χ1n) is 7.31. The predicted molar refractivity (Wildman–Crippen MR) is 88.4 cm³/mol. The van der Waals surface area contributed by atoms with Gasteiger partial charge < -0.3 is 15.1 Å². The molecule has 0 aliphatic carbocycles. The molecule has 0 aliphatic rings. The molecule has 0 heterocycles. The molecule has 0 spiro atoms. The van der Waals surface area contributed by atoms with E-state index in [1.165, 1.54) is 0 Å². The molecule has 0 saturated carbocycles. The van der Waals surface area contributed by atoms with Crippen molar-refractivity contribution in [2.24, 2.45) is 10.2 Å². The van der Waals surface area contributed by atoms with Gasteiger partial charge in [-0.05, 0) is 61.9 Å². The van der Waals surface area contributed by atoms with Crippen LogP contribution in [0.2, 0.25) is 0 Å². The molecule has 2 rings (SSSR count). The second-order valence-electron chi connectivity index (χ2n) is 4.99. The number of aliphatic hydroxyl groups is 1. The summed E-state index contributed by atoms with van der Waals surface area (Å²) in [6.45, 7) is 5.64. The van der Waals surface area contributed by atoms with Gasteiger partial charge in [-0.3, -0.25) is 0 Å². The van der Waals surface area contributed by atoms with Gasteiger partial charge in [0.25, 0.3) is 0 Å². The second-order valence-corrected chi connectivity index (χ2v) is 4.99. The SMILES string of the molecule is CCN(CCO)c1ccc(N=Nc2ccc(O)cc2)c(C)c1. The average Bonchev–Trinajstić information content (AvgIpc) is 2.53. The van der Waals surface area contributed by atoms with E-state index in [2.05, 4.69) is 22.1 Å². The summed E-state index contributed by atoms with van der Waals surface area (Å²) in [5, 5.41) is 26.8. The van der Waals surface area contributed by atoms with Crippen molar-refractivity contribution in [2.75, 3.05) is 24.6 Å². The zero-order valence-corrected chi connectivity index (χ0v) is 12.9. The van der Waals surface area contributed by atoms with Gasteiger partial charge in [-0.1, -0.05) is 0 Å². The fourth-order valence-corrected chi connectivity index (χ4v) is 2.17. The molecule has 0 aromatic heterocycles. The zero-order valence-electron chi connectivity index (χ0n) is 12.9. The number of benzene rings is 2. The highest BCUT2D eigenvalue weighted by Crippen LogP contribution is 2.27. The number of rotatable bonds is 6. The van der Waals surface area contributed by atoms with Gasteiger partial charge in [0.1, 0.15) is 5.75 Å². The molecule has 0 aliphatic heterocycles. The first-order valence-corrected chi connectivity index (χ1v) is 7.31. The summed E-state index contributed by atoms with van der Waals surface area (Å²) in [4.78, 5) is 2.11. The standard InChI is InChI=1S/C17H21N3O2/c1-3-20(10-11-21)15-6-9-17(13(2)12-15)19-18-14-4-7-16(22)8-5-14/h4-9,12,21-22H,3,10-11H2,1-2H3. The summed E-state index contributed by atoms with van der Waals surface area (Å²) in [5.74, 6) is 0.211. The maximum absolute atomic E-state index is 9.24. The highest BCUT2D eigenvalue weighted by atomic mass is 16.3. The van der Waals surface area contributed by atoms with Gasteiger partial charge in [0.15, 0.2) is 0 Å². The van der Waals surface area contributed by atoms with E-state index >= 15 is 0 Å². The van der Waals surface area contributed by atoms with Crippen LogP contribution in [0.5, 0.6) is 5.75 Å². The molecule has 22 heavy (non-hydrogen) atoms. The van der Waals surface area contributed by atoms with Crippen molar-refractivity contribution in [3.63, 3.8) is 0 Å². The Balaban J connectivity index is 2.17. The van der Waals surface area contributed by atoms with Crippen LogP contribution in [0.15, 0.2) is 52.7 Å². The lowest BCUT2D eigenvalue weighted by molar-refractivity contribution is 0.302. The molecule has 0 unspecified atom stereocenters. The Hall–Kier alpha value is -2.40. The Morgan fingerprint density at radius 1 is 1.05 bits per heavy atom. The lowest BCUT2D eigenvalue weighted by Gasteiger charge is -2.22. The van der Waals surface area contributed by atoms with Crippen molar-refractivity contribution in [3.05, 3.63) is 48.0 Å². The summed E-state index contributed by atoms with van der Waals surface area (Å²) >= 11 is 0. The zero-order chi connectivity index (χ0) is 15.9. The number of likely N-dealkylation sites (N-methyl/N-ethyl adjacent to an activating group) is 1. The van der Waals surface area contributed by atoms with Crippen molar-refractivity contribution in [1.82, 2.24) is 0 Å². The van der Waals surface area contributed by atoms with Crippen LogP contribution in [-0.2, 0) is 0 Å². The van der Waals surface area contributed by atoms with Crippen molar-refractivity contribution in [3.8, 4) is 5.75 Å². The van der Waals surface area contributed by atoms with Crippen molar-refractivity contribution in [2.45, 2.75) is 13.8 Å². The van der Waals surface area contributed by atoms with Crippen LogP contribution in [0.25, 0.3) is 0 Å². The minimum Gasteiger partial charge on any atom is -0.508 e. The number of nitrogens with zero attached hydrogens (tertiary/aromatic N) is 3. The Labute approximate surface area is 130 Å². The lowest BCUT2D eigenvalue weighted by atomic mass is 10.1. The number of phenolic OH excluding ortho intramolecular Hbond substituents is 1. The Morgan fingerprint density at radius 2 is 1.77 bits per heavy atom. The summed E-state index contributed by atoms with van der Waals surface area (Å²) in [5.41, 5.74) is 3.59.